The van der Waals surface area contributed by atoms with Crippen LogP contribution in [-0.2, 0) is 11.3 Å². The summed E-state index contributed by atoms with van der Waals surface area (Å²) in [6, 6.07) is 3.96. The first kappa shape index (κ1) is 15.9. The molecule has 0 saturated carbocycles. The Labute approximate surface area is 125 Å². The van der Waals surface area contributed by atoms with Crippen LogP contribution in [0, 0.1) is 0 Å². The van der Waals surface area contributed by atoms with E-state index in [1.807, 2.05) is 12.1 Å². The third-order valence-electron chi connectivity index (χ3n) is 3.62. The van der Waals surface area contributed by atoms with Crippen LogP contribution in [0.2, 0.25) is 0 Å². The molecule has 2 rings (SSSR count). The first-order valence-corrected chi connectivity index (χ1v) is 7.04. The van der Waals surface area contributed by atoms with Gasteiger partial charge in [-0.3, -0.25) is 4.90 Å². The van der Waals surface area contributed by atoms with Gasteiger partial charge in [0, 0.05) is 26.2 Å². The molecule has 0 aliphatic carbocycles. The number of hydrogen-bond donors (Lipinski definition) is 1. The summed E-state index contributed by atoms with van der Waals surface area (Å²) in [5.41, 5.74) is 6.79. The zero-order valence-corrected chi connectivity index (χ0v) is 12.9. The molecule has 1 atom stereocenters. The Morgan fingerprint density at radius 1 is 1.19 bits per heavy atom. The van der Waals surface area contributed by atoms with Crippen LogP contribution in [0.4, 0.5) is 0 Å². The highest BCUT2D eigenvalue weighted by Gasteiger charge is 2.20. The van der Waals surface area contributed by atoms with Crippen LogP contribution in [0.1, 0.15) is 5.56 Å². The molecule has 2 N–H and O–H groups in total. The van der Waals surface area contributed by atoms with Crippen LogP contribution >= 0.6 is 0 Å². The van der Waals surface area contributed by atoms with Crippen molar-refractivity contribution in [2.45, 2.75) is 12.6 Å². The molecular formula is C15H24N2O4. The van der Waals surface area contributed by atoms with Crippen molar-refractivity contribution in [2.75, 3.05) is 47.6 Å². The minimum absolute atomic E-state index is 0.112. The van der Waals surface area contributed by atoms with Crippen LogP contribution in [0.3, 0.4) is 0 Å². The summed E-state index contributed by atoms with van der Waals surface area (Å²) in [4.78, 5) is 2.32. The van der Waals surface area contributed by atoms with Gasteiger partial charge >= 0.3 is 0 Å². The lowest BCUT2D eigenvalue weighted by Crippen LogP contribution is -2.45. The summed E-state index contributed by atoms with van der Waals surface area (Å²) in [6.07, 6.45) is 0.112. The first-order chi connectivity index (χ1) is 10.2. The van der Waals surface area contributed by atoms with Crippen molar-refractivity contribution >= 4 is 0 Å². The number of hydrogen-bond acceptors (Lipinski definition) is 6. The predicted octanol–water partition coefficient (Wildman–Crippen LogP) is 0.872. The van der Waals surface area contributed by atoms with Gasteiger partial charge in [0.2, 0.25) is 5.75 Å². The van der Waals surface area contributed by atoms with Gasteiger partial charge in [0.25, 0.3) is 0 Å². The van der Waals surface area contributed by atoms with Crippen LogP contribution in [0.15, 0.2) is 12.1 Å². The fourth-order valence-electron chi connectivity index (χ4n) is 2.55. The van der Waals surface area contributed by atoms with Gasteiger partial charge in [0.15, 0.2) is 11.5 Å². The quantitative estimate of drug-likeness (QED) is 0.840. The van der Waals surface area contributed by atoms with Gasteiger partial charge in [0.1, 0.15) is 0 Å². The summed E-state index contributed by atoms with van der Waals surface area (Å²) < 4.78 is 21.7. The molecule has 0 amide bonds. The van der Waals surface area contributed by atoms with E-state index in [-0.39, 0.29) is 6.10 Å². The van der Waals surface area contributed by atoms with Crippen LogP contribution in [-0.4, -0.2) is 58.6 Å². The molecule has 0 radical (unpaired) electrons. The Kier molecular flexibility index (Phi) is 5.67. The second-order valence-corrected chi connectivity index (χ2v) is 5.00. The fraction of sp³-hybridized carbons (Fsp3) is 0.600. The molecule has 6 heteroatoms. The normalized spacial score (nSPS) is 19.3. The summed E-state index contributed by atoms with van der Waals surface area (Å²) in [7, 11) is 4.86. The first-order valence-electron chi connectivity index (χ1n) is 7.04. The SMILES string of the molecule is COc1cc(CN2CCOC(CN)C2)cc(OC)c1OC. The lowest BCUT2D eigenvalue weighted by molar-refractivity contribution is -0.0260. The number of methoxy groups -OCH3 is 3. The number of nitrogens with two attached hydrogens (primary N) is 1. The third-order valence-corrected chi connectivity index (χ3v) is 3.62. The Balaban J connectivity index is 2.16. The van der Waals surface area contributed by atoms with E-state index in [4.69, 9.17) is 24.7 Å². The van der Waals surface area contributed by atoms with E-state index < -0.39 is 0 Å². The molecule has 1 saturated heterocycles. The molecule has 21 heavy (non-hydrogen) atoms. The number of nitrogens with zero attached hydrogens (tertiary/aromatic N) is 1. The average molecular weight is 296 g/mol. The smallest absolute Gasteiger partial charge is 0.203 e. The Morgan fingerprint density at radius 2 is 1.86 bits per heavy atom. The molecule has 0 bridgehead atoms. The fourth-order valence-corrected chi connectivity index (χ4v) is 2.55. The monoisotopic (exact) mass is 296 g/mol. The summed E-state index contributed by atoms with van der Waals surface area (Å²) in [5.74, 6) is 1.97. The number of morpholine rings is 1. The largest absolute Gasteiger partial charge is 0.493 e. The van der Waals surface area contributed by atoms with Crippen LogP contribution in [0.5, 0.6) is 17.2 Å². The molecule has 1 aliphatic rings. The summed E-state index contributed by atoms with van der Waals surface area (Å²) in [5, 5.41) is 0. The molecule has 1 aromatic rings. The van der Waals surface area contributed by atoms with Crippen LogP contribution < -0.4 is 19.9 Å². The minimum Gasteiger partial charge on any atom is -0.493 e. The van der Waals surface area contributed by atoms with Gasteiger partial charge in [-0.15, -0.1) is 0 Å². The molecule has 1 aromatic carbocycles. The van der Waals surface area contributed by atoms with Gasteiger partial charge in [-0.05, 0) is 17.7 Å². The highest BCUT2D eigenvalue weighted by molar-refractivity contribution is 5.53. The van der Waals surface area contributed by atoms with Crippen molar-refractivity contribution in [3.8, 4) is 17.2 Å². The molecule has 6 nitrogen and oxygen atoms in total. The van der Waals surface area contributed by atoms with E-state index >= 15 is 0 Å². The standard InChI is InChI=1S/C15H24N2O4/c1-18-13-6-11(7-14(19-2)15(13)20-3)9-17-4-5-21-12(8-16)10-17/h6-7,12H,4-5,8-10,16H2,1-3H3. The van der Waals surface area contributed by atoms with E-state index in [1.54, 1.807) is 21.3 Å². The number of benzene rings is 1. The topological polar surface area (TPSA) is 66.2 Å². The predicted molar refractivity (Wildman–Crippen MR) is 80.2 cm³/mol. The van der Waals surface area contributed by atoms with E-state index in [1.165, 1.54) is 0 Å². The van der Waals surface area contributed by atoms with E-state index in [0.717, 1.165) is 25.2 Å². The second-order valence-electron chi connectivity index (χ2n) is 5.00. The zero-order valence-electron chi connectivity index (χ0n) is 12.9. The van der Waals surface area contributed by atoms with Gasteiger partial charge in [-0.2, -0.15) is 0 Å². The Morgan fingerprint density at radius 3 is 2.38 bits per heavy atom. The maximum atomic E-state index is 5.68. The van der Waals surface area contributed by atoms with Crippen molar-refractivity contribution < 1.29 is 18.9 Å². The third kappa shape index (κ3) is 3.78. The zero-order chi connectivity index (χ0) is 15.2. The molecule has 1 aliphatic heterocycles. The average Bonchev–Trinajstić information content (AvgIpc) is 2.53. The Bertz CT molecular complexity index is 442. The van der Waals surface area contributed by atoms with Crippen molar-refractivity contribution in [3.05, 3.63) is 17.7 Å². The second kappa shape index (κ2) is 7.49. The molecule has 1 heterocycles. The van der Waals surface area contributed by atoms with Crippen molar-refractivity contribution in [2.24, 2.45) is 5.73 Å². The maximum absolute atomic E-state index is 5.68. The van der Waals surface area contributed by atoms with Gasteiger partial charge in [-0.1, -0.05) is 0 Å². The number of ether oxygens (including phenoxy) is 4. The lowest BCUT2D eigenvalue weighted by atomic mass is 10.1. The molecule has 0 aromatic heterocycles. The lowest BCUT2D eigenvalue weighted by Gasteiger charge is -2.32. The molecular weight excluding hydrogens is 272 g/mol. The summed E-state index contributed by atoms with van der Waals surface area (Å²) >= 11 is 0. The maximum Gasteiger partial charge on any atom is 0.203 e. The minimum atomic E-state index is 0.112. The molecule has 118 valence electrons. The number of rotatable bonds is 6. The van der Waals surface area contributed by atoms with Crippen molar-refractivity contribution in [1.82, 2.24) is 4.90 Å². The molecule has 1 fully saturated rings. The van der Waals surface area contributed by atoms with Gasteiger partial charge in [-0.25, -0.2) is 0 Å². The van der Waals surface area contributed by atoms with Gasteiger partial charge in [0.05, 0.1) is 34.0 Å². The van der Waals surface area contributed by atoms with E-state index in [2.05, 4.69) is 4.90 Å². The molecule has 0 spiro atoms. The highest BCUT2D eigenvalue weighted by atomic mass is 16.5. The van der Waals surface area contributed by atoms with E-state index in [9.17, 15) is 0 Å². The summed E-state index contributed by atoms with van der Waals surface area (Å²) in [6.45, 7) is 3.80. The molecule has 1 unspecified atom stereocenters. The van der Waals surface area contributed by atoms with Crippen molar-refractivity contribution in [1.29, 1.82) is 0 Å². The van der Waals surface area contributed by atoms with Crippen molar-refractivity contribution in [3.63, 3.8) is 0 Å². The van der Waals surface area contributed by atoms with E-state index in [0.29, 0.717) is 30.4 Å². The highest BCUT2D eigenvalue weighted by Crippen LogP contribution is 2.38. The van der Waals surface area contributed by atoms with Gasteiger partial charge < -0.3 is 24.7 Å². The Hall–Kier alpha value is -1.50. The van der Waals surface area contributed by atoms with Crippen LogP contribution in [0.25, 0.3) is 0 Å².